The maximum atomic E-state index is 11.6. The number of hydrogen-bond acceptors (Lipinski definition) is 7. The number of benzene rings is 1. The minimum atomic E-state index is -0.541. The van der Waals surface area contributed by atoms with E-state index >= 15 is 0 Å². The molecule has 0 aliphatic heterocycles. The van der Waals surface area contributed by atoms with Gasteiger partial charge >= 0.3 is 5.97 Å². The zero-order valence-electron chi connectivity index (χ0n) is 11.8. The fourth-order valence-corrected chi connectivity index (χ4v) is 2.52. The quantitative estimate of drug-likeness (QED) is 0.633. The highest BCUT2D eigenvalue weighted by atomic mass is 35.5. The van der Waals surface area contributed by atoms with Crippen molar-refractivity contribution < 1.29 is 18.8 Å². The number of carbonyl (C=O) groups excluding carboxylic acids is 1. The van der Waals surface area contributed by atoms with Gasteiger partial charge in [0, 0.05) is 16.0 Å². The summed E-state index contributed by atoms with van der Waals surface area (Å²) in [7, 11) is 0. The van der Waals surface area contributed by atoms with Crippen LogP contribution in [0, 0.1) is 0 Å². The van der Waals surface area contributed by atoms with Gasteiger partial charge in [-0.25, -0.2) is 4.79 Å². The molecule has 2 aromatic heterocycles. The van der Waals surface area contributed by atoms with E-state index in [0.29, 0.717) is 16.6 Å². The molecule has 0 saturated heterocycles. The minimum Gasteiger partial charge on any atom is -0.482 e. The molecule has 6 nitrogen and oxygen atoms in total. The van der Waals surface area contributed by atoms with Gasteiger partial charge in [0.05, 0.1) is 0 Å². The minimum absolute atomic E-state index is 0.102. The first-order valence-corrected chi connectivity index (χ1v) is 7.92. The van der Waals surface area contributed by atoms with Crippen LogP contribution in [0.25, 0.3) is 11.4 Å². The Bertz CT molecular complexity index is 788. The van der Waals surface area contributed by atoms with Crippen LogP contribution in [0.1, 0.15) is 5.89 Å². The first-order chi connectivity index (χ1) is 11.2. The Labute approximate surface area is 140 Å². The van der Waals surface area contributed by atoms with Crippen molar-refractivity contribution in [3.8, 4) is 17.1 Å². The molecule has 118 valence electrons. The number of rotatable bonds is 6. The summed E-state index contributed by atoms with van der Waals surface area (Å²) in [5, 5.41) is 8.17. The SMILES string of the molecule is O=C(COc1cccc(Cl)c1)OCc1nc(-c2ccsc2)no1. The molecule has 0 unspecified atom stereocenters. The van der Waals surface area contributed by atoms with E-state index in [4.69, 9.17) is 25.6 Å². The second-order valence-electron chi connectivity index (χ2n) is 4.43. The zero-order chi connectivity index (χ0) is 16.1. The van der Waals surface area contributed by atoms with Crippen molar-refractivity contribution in [3.63, 3.8) is 0 Å². The van der Waals surface area contributed by atoms with Crippen LogP contribution in [-0.4, -0.2) is 22.7 Å². The van der Waals surface area contributed by atoms with Gasteiger partial charge in [-0.15, -0.1) is 0 Å². The molecule has 0 N–H and O–H groups in total. The highest BCUT2D eigenvalue weighted by molar-refractivity contribution is 7.08. The van der Waals surface area contributed by atoms with Gasteiger partial charge in [0.1, 0.15) is 5.75 Å². The molecule has 0 aliphatic rings. The van der Waals surface area contributed by atoms with Crippen molar-refractivity contribution in [2.75, 3.05) is 6.61 Å². The molecule has 0 aliphatic carbocycles. The van der Waals surface area contributed by atoms with Gasteiger partial charge in [-0.3, -0.25) is 0 Å². The molecule has 2 heterocycles. The van der Waals surface area contributed by atoms with Gasteiger partial charge in [0.15, 0.2) is 13.2 Å². The second kappa shape index (κ2) is 7.26. The van der Waals surface area contributed by atoms with Gasteiger partial charge in [-0.2, -0.15) is 16.3 Å². The summed E-state index contributed by atoms with van der Waals surface area (Å²) in [5.74, 6) is 0.641. The van der Waals surface area contributed by atoms with Crippen LogP contribution in [0.2, 0.25) is 5.02 Å². The second-order valence-corrected chi connectivity index (χ2v) is 5.65. The van der Waals surface area contributed by atoms with Crippen molar-refractivity contribution >= 4 is 28.9 Å². The third kappa shape index (κ3) is 4.30. The van der Waals surface area contributed by atoms with Gasteiger partial charge in [-0.05, 0) is 29.6 Å². The van der Waals surface area contributed by atoms with Crippen molar-refractivity contribution in [1.82, 2.24) is 10.1 Å². The predicted octanol–water partition coefficient (Wildman–Crippen LogP) is 3.57. The monoisotopic (exact) mass is 350 g/mol. The average Bonchev–Trinajstić information content (AvgIpc) is 3.22. The van der Waals surface area contributed by atoms with Crippen LogP contribution < -0.4 is 4.74 Å². The highest BCUT2D eigenvalue weighted by Crippen LogP contribution is 2.19. The zero-order valence-corrected chi connectivity index (χ0v) is 13.3. The Hall–Kier alpha value is -2.38. The Kier molecular flexibility index (Phi) is 4.89. The molecule has 0 atom stereocenters. The highest BCUT2D eigenvalue weighted by Gasteiger charge is 2.12. The maximum absolute atomic E-state index is 11.6. The lowest BCUT2D eigenvalue weighted by Gasteiger charge is -2.05. The number of ether oxygens (including phenoxy) is 2. The fraction of sp³-hybridized carbons (Fsp3) is 0.133. The van der Waals surface area contributed by atoms with E-state index in [1.807, 2.05) is 16.8 Å². The Morgan fingerprint density at radius 3 is 3.04 bits per heavy atom. The Morgan fingerprint density at radius 2 is 2.26 bits per heavy atom. The van der Waals surface area contributed by atoms with E-state index in [0.717, 1.165) is 5.56 Å². The van der Waals surface area contributed by atoms with Crippen LogP contribution >= 0.6 is 22.9 Å². The maximum Gasteiger partial charge on any atom is 0.344 e. The molecule has 0 spiro atoms. The van der Waals surface area contributed by atoms with Crippen molar-refractivity contribution in [2.24, 2.45) is 0 Å². The van der Waals surface area contributed by atoms with E-state index in [2.05, 4.69) is 10.1 Å². The number of halogens is 1. The van der Waals surface area contributed by atoms with Crippen molar-refractivity contribution in [3.05, 3.63) is 52.0 Å². The first-order valence-electron chi connectivity index (χ1n) is 6.60. The summed E-state index contributed by atoms with van der Waals surface area (Å²) in [6.07, 6.45) is 0. The molecule has 1 aromatic carbocycles. The normalized spacial score (nSPS) is 10.5. The van der Waals surface area contributed by atoms with Crippen molar-refractivity contribution in [1.29, 1.82) is 0 Å². The van der Waals surface area contributed by atoms with E-state index in [-0.39, 0.29) is 19.1 Å². The summed E-state index contributed by atoms with van der Waals surface area (Å²) < 4.78 is 15.3. The van der Waals surface area contributed by atoms with Crippen LogP contribution in [0.15, 0.2) is 45.6 Å². The van der Waals surface area contributed by atoms with E-state index in [9.17, 15) is 4.79 Å². The van der Waals surface area contributed by atoms with Crippen LogP contribution in [0.3, 0.4) is 0 Å². The Balaban J connectivity index is 1.47. The molecular weight excluding hydrogens is 340 g/mol. The lowest BCUT2D eigenvalue weighted by Crippen LogP contribution is -2.14. The van der Waals surface area contributed by atoms with E-state index in [1.165, 1.54) is 11.3 Å². The number of thiophene rings is 1. The molecule has 0 amide bonds. The standard InChI is InChI=1S/C15H11ClN2O4S/c16-11-2-1-3-12(6-11)20-8-14(19)21-7-13-17-15(18-22-13)10-4-5-23-9-10/h1-6,9H,7-8H2. The number of aromatic nitrogens is 2. The summed E-state index contributed by atoms with van der Waals surface area (Å²) in [4.78, 5) is 15.8. The molecule has 3 aromatic rings. The molecule has 0 fully saturated rings. The predicted molar refractivity (Wildman–Crippen MR) is 84.4 cm³/mol. The van der Waals surface area contributed by atoms with Gasteiger partial charge in [-0.1, -0.05) is 22.8 Å². The molecular formula is C15H11ClN2O4S. The number of esters is 1. The number of hydrogen-bond donors (Lipinski definition) is 0. The first kappa shape index (κ1) is 15.5. The summed E-state index contributed by atoms with van der Waals surface area (Å²) >= 11 is 7.36. The van der Waals surface area contributed by atoms with Crippen LogP contribution in [0.5, 0.6) is 5.75 Å². The molecule has 8 heteroatoms. The summed E-state index contributed by atoms with van der Waals surface area (Å²) in [6.45, 7) is -0.333. The Morgan fingerprint density at radius 1 is 1.35 bits per heavy atom. The average molecular weight is 351 g/mol. The lowest BCUT2D eigenvalue weighted by atomic mass is 10.3. The fourth-order valence-electron chi connectivity index (χ4n) is 1.71. The summed E-state index contributed by atoms with van der Waals surface area (Å²) in [5.41, 5.74) is 0.862. The number of carbonyl (C=O) groups is 1. The summed E-state index contributed by atoms with van der Waals surface area (Å²) in [6, 6.07) is 8.63. The number of nitrogens with zero attached hydrogens (tertiary/aromatic N) is 2. The van der Waals surface area contributed by atoms with Crippen LogP contribution in [0.4, 0.5) is 0 Å². The van der Waals surface area contributed by atoms with Gasteiger partial charge in [0.2, 0.25) is 5.82 Å². The molecule has 23 heavy (non-hydrogen) atoms. The largest absolute Gasteiger partial charge is 0.482 e. The van der Waals surface area contributed by atoms with E-state index < -0.39 is 5.97 Å². The third-order valence-electron chi connectivity index (χ3n) is 2.76. The molecule has 3 rings (SSSR count). The molecule has 0 radical (unpaired) electrons. The molecule has 0 bridgehead atoms. The lowest BCUT2D eigenvalue weighted by molar-refractivity contribution is -0.148. The van der Waals surface area contributed by atoms with Gasteiger partial charge in [0.25, 0.3) is 5.89 Å². The third-order valence-corrected chi connectivity index (χ3v) is 3.68. The topological polar surface area (TPSA) is 74.5 Å². The van der Waals surface area contributed by atoms with Crippen LogP contribution in [-0.2, 0) is 16.1 Å². The molecule has 0 saturated carbocycles. The van der Waals surface area contributed by atoms with Gasteiger partial charge < -0.3 is 14.0 Å². The van der Waals surface area contributed by atoms with E-state index in [1.54, 1.807) is 24.3 Å². The van der Waals surface area contributed by atoms with Crippen molar-refractivity contribution in [2.45, 2.75) is 6.61 Å². The smallest absolute Gasteiger partial charge is 0.344 e.